The lowest BCUT2D eigenvalue weighted by atomic mass is 10.3. The zero-order valence-electron chi connectivity index (χ0n) is 8.99. The summed E-state index contributed by atoms with van der Waals surface area (Å²) in [6, 6.07) is 5.23. The molecule has 0 bridgehead atoms. The molecule has 6 nitrogen and oxygen atoms in total. The standard InChI is InChI=1S/C10H11N5O/c1-6(16)10-12-8-5-7(13-14-11)3-4-9(8)15(10)2/h3-6,16H,1-2H3. The summed E-state index contributed by atoms with van der Waals surface area (Å²) >= 11 is 0. The SMILES string of the molecule is CC(O)c1nc2cc(N=[N+]=[N-])ccc2n1C. The molecule has 0 aliphatic heterocycles. The van der Waals surface area contributed by atoms with Crippen LogP contribution in [-0.2, 0) is 7.05 Å². The van der Waals surface area contributed by atoms with Crippen LogP contribution in [0.1, 0.15) is 18.9 Å². The van der Waals surface area contributed by atoms with Gasteiger partial charge in [0.2, 0.25) is 0 Å². The van der Waals surface area contributed by atoms with E-state index in [2.05, 4.69) is 15.0 Å². The molecule has 0 saturated heterocycles. The van der Waals surface area contributed by atoms with Crippen molar-refractivity contribution in [3.05, 3.63) is 34.5 Å². The van der Waals surface area contributed by atoms with E-state index in [0.717, 1.165) is 5.52 Å². The number of imidazole rings is 1. The average molecular weight is 217 g/mol. The van der Waals surface area contributed by atoms with Crippen LogP contribution in [0.25, 0.3) is 21.5 Å². The van der Waals surface area contributed by atoms with Gasteiger partial charge in [-0.15, -0.1) is 0 Å². The molecule has 0 saturated carbocycles. The molecule has 16 heavy (non-hydrogen) atoms. The van der Waals surface area contributed by atoms with Gasteiger partial charge in [-0.3, -0.25) is 0 Å². The third-order valence-corrected chi connectivity index (χ3v) is 2.43. The third kappa shape index (κ3) is 1.60. The van der Waals surface area contributed by atoms with Crippen molar-refractivity contribution < 1.29 is 5.11 Å². The van der Waals surface area contributed by atoms with E-state index in [1.54, 1.807) is 19.1 Å². The summed E-state index contributed by atoms with van der Waals surface area (Å²) in [6.07, 6.45) is -0.625. The molecule has 2 rings (SSSR count). The number of benzene rings is 1. The second-order valence-electron chi connectivity index (χ2n) is 3.57. The van der Waals surface area contributed by atoms with Gasteiger partial charge in [-0.1, -0.05) is 11.2 Å². The monoisotopic (exact) mass is 217 g/mol. The minimum absolute atomic E-state index is 0.519. The lowest BCUT2D eigenvalue weighted by Gasteiger charge is -2.03. The van der Waals surface area contributed by atoms with Crippen LogP contribution in [0.4, 0.5) is 5.69 Å². The van der Waals surface area contributed by atoms with Gasteiger partial charge >= 0.3 is 0 Å². The number of aliphatic hydroxyl groups is 1. The molecule has 82 valence electrons. The van der Waals surface area contributed by atoms with Gasteiger partial charge in [-0.05, 0) is 24.6 Å². The molecule has 0 spiro atoms. The molecule has 1 unspecified atom stereocenters. The molecular formula is C10H11N5O. The Bertz CT molecular complexity index is 580. The molecule has 1 aromatic carbocycles. The van der Waals surface area contributed by atoms with Crippen molar-refractivity contribution in [2.45, 2.75) is 13.0 Å². The lowest BCUT2D eigenvalue weighted by molar-refractivity contribution is 0.186. The van der Waals surface area contributed by atoms with Crippen molar-refractivity contribution in [3.63, 3.8) is 0 Å². The van der Waals surface area contributed by atoms with Crippen LogP contribution >= 0.6 is 0 Å². The van der Waals surface area contributed by atoms with Crippen LogP contribution in [0, 0.1) is 0 Å². The zero-order valence-corrected chi connectivity index (χ0v) is 8.99. The van der Waals surface area contributed by atoms with Crippen molar-refractivity contribution in [3.8, 4) is 0 Å². The fourth-order valence-corrected chi connectivity index (χ4v) is 1.69. The highest BCUT2D eigenvalue weighted by Crippen LogP contribution is 2.23. The fraction of sp³-hybridized carbons (Fsp3) is 0.300. The summed E-state index contributed by atoms with van der Waals surface area (Å²) in [5.41, 5.74) is 10.5. The summed E-state index contributed by atoms with van der Waals surface area (Å²) in [5.74, 6) is 0.591. The summed E-state index contributed by atoms with van der Waals surface area (Å²) in [6.45, 7) is 1.66. The number of rotatable bonds is 2. The van der Waals surface area contributed by atoms with Crippen LogP contribution in [0.2, 0.25) is 0 Å². The number of aliphatic hydroxyl groups excluding tert-OH is 1. The first-order chi connectivity index (χ1) is 7.63. The van der Waals surface area contributed by atoms with Crippen LogP contribution in [0.15, 0.2) is 23.3 Å². The summed E-state index contributed by atoms with van der Waals surface area (Å²) in [7, 11) is 1.84. The normalized spacial score (nSPS) is 12.4. The van der Waals surface area contributed by atoms with Gasteiger partial charge in [0.25, 0.3) is 0 Å². The van der Waals surface area contributed by atoms with Crippen molar-refractivity contribution in [1.82, 2.24) is 9.55 Å². The van der Waals surface area contributed by atoms with Gasteiger partial charge in [-0.2, -0.15) is 0 Å². The Hall–Kier alpha value is -2.04. The molecule has 0 aliphatic carbocycles. The summed E-state index contributed by atoms with van der Waals surface area (Å²) < 4.78 is 1.82. The highest BCUT2D eigenvalue weighted by molar-refractivity contribution is 5.79. The summed E-state index contributed by atoms with van der Waals surface area (Å²) in [5, 5.41) is 13.0. The molecule has 1 atom stereocenters. The van der Waals surface area contributed by atoms with Crippen molar-refractivity contribution in [1.29, 1.82) is 0 Å². The lowest BCUT2D eigenvalue weighted by Crippen LogP contribution is -2.01. The van der Waals surface area contributed by atoms with Crippen LogP contribution < -0.4 is 0 Å². The van der Waals surface area contributed by atoms with Crippen molar-refractivity contribution in [2.24, 2.45) is 12.2 Å². The highest BCUT2D eigenvalue weighted by Gasteiger charge is 2.11. The second kappa shape index (κ2) is 3.84. The minimum Gasteiger partial charge on any atom is -0.385 e. The number of fused-ring (bicyclic) bond motifs is 1. The number of aromatic nitrogens is 2. The van der Waals surface area contributed by atoms with Gasteiger partial charge < -0.3 is 9.67 Å². The molecular weight excluding hydrogens is 206 g/mol. The molecule has 0 radical (unpaired) electrons. The topological polar surface area (TPSA) is 86.8 Å². The van der Waals surface area contributed by atoms with E-state index in [9.17, 15) is 5.11 Å². The van der Waals surface area contributed by atoms with E-state index in [1.807, 2.05) is 17.7 Å². The zero-order chi connectivity index (χ0) is 11.7. The highest BCUT2D eigenvalue weighted by atomic mass is 16.3. The molecule has 2 aromatic rings. The maximum Gasteiger partial charge on any atom is 0.138 e. The predicted octanol–water partition coefficient (Wildman–Crippen LogP) is 2.57. The number of hydrogen-bond donors (Lipinski definition) is 1. The van der Waals surface area contributed by atoms with Gasteiger partial charge in [0, 0.05) is 17.6 Å². The van der Waals surface area contributed by atoms with Gasteiger partial charge in [0.05, 0.1) is 11.0 Å². The Morgan fingerprint density at radius 2 is 2.31 bits per heavy atom. The molecule has 1 heterocycles. The van der Waals surface area contributed by atoms with E-state index in [0.29, 0.717) is 17.0 Å². The fourth-order valence-electron chi connectivity index (χ4n) is 1.69. The Kier molecular flexibility index (Phi) is 2.52. The Labute approximate surface area is 91.8 Å². The van der Waals surface area contributed by atoms with E-state index in [1.165, 1.54) is 0 Å². The maximum absolute atomic E-state index is 9.51. The van der Waals surface area contributed by atoms with E-state index in [4.69, 9.17) is 5.53 Å². The molecule has 1 N–H and O–H groups in total. The van der Waals surface area contributed by atoms with Crippen LogP contribution in [-0.4, -0.2) is 14.7 Å². The van der Waals surface area contributed by atoms with E-state index in [-0.39, 0.29) is 0 Å². The Balaban J connectivity index is 2.67. The van der Waals surface area contributed by atoms with Crippen molar-refractivity contribution >= 4 is 16.7 Å². The molecule has 0 aliphatic rings. The average Bonchev–Trinajstić information content (AvgIpc) is 2.56. The molecule has 1 aromatic heterocycles. The van der Waals surface area contributed by atoms with Gasteiger partial charge in [-0.25, -0.2) is 4.98 Å². The quantitative estimate of drug-likeness (QED) is 0.476. The van der Waals surface area contributed by atoms with E-state index >= 15 is 0 Å². The first-order valence-electron chi connectivity index (χ1n) is 4.83. The van der Waals surface area contributed by atoms with Gasteiger partial charge in [0.15, 0.2) is 0 Å². The smallest absolute Gasteiger partial charge is 0.138 e. The Morgan fingerprint density at radius 3 is 2.94 bits per heavy atom. The summed E-state index contributed by atoms with van der Waals surface area (Å²) in [4.78, 5) is 7.00. The minimum atomic E-state index is -0.625. The molecule has 0 fully saturated rings. The molecule has 0 amide bonds. The van der Waals surface area contributed by atoms with Crippen LogP contribution in [0.5, 0.6) is 0 Å². The van der Waals surface area contributed by atoms with Crippen molar-refractivity contribution in [2.75, 3.05) is 0 Å². The first-order valence-corrected chi connectivity index (χ1v) is 4.83. The number of aryl methyl sites for hydroxylation is 1. The van der Waals surface area contributed by atoms with Gasteiger partial charge in [0.1, 0.15) is 11.9 Å². The second-order valence-corrected chi connectivity index (χ2v) is 3.57. The third-order valence-electron chi connectivity index (χ3n) is 2.43. The number of nitrogens with zero attached hydrogens (tertiary/aromatic N) is 5. The number of hydrogen-bond acceptors (Lipinski definition) is 3. The maximum atomic E-state index is 9.51. The molecule has 6 heteroatoms. The first kappa shape index (κ1) is 10.5. The largest absolute Gasteiger partial charge is 0.385 e. The van der Waals surface area contributed by atoms with E-state index < -0.39 is 6.10 Å². The number of azide groups is 1. The van der Waals surface area contributed by atoms with Crippen LogP contribution in [0.3, 0.4) is 0 Å². The Morgan fingerprint density at radius 1 is 1.56 bits per heavy atom. The predicted molar refractivity (Wildman–Crippen MR) is 60.2 cm³/mol.